The molecule has 0 amide bonds. The van der Waals surface area contributed by atoms with Crippen molar-refractivity contribution in [3.63, 3.8) is 0 Å². The summed E-state index contributed by atoms with van der Waals surface area (Å²) in [6, 6.07) is 9.62. The van der Waals surface area contributed by atoms with E-state index in [1.54, 1.807) is 18.5 Å². The Labute approximate surface area is 145 Å². The van der Waals surface area contributed by atoms with Crippen molar-refractivity contribution in [3.05, 3.63) is 71.6 Å². The summed E-state index contributed by atoms with van der Waals surface area (Å²) in [4.78, 5) is 6.32. The minimum absolute atomic E-state index is 0. The monoisotopic (exact) mass is 350 g/mol. The zero-order valence-corrected chi connectivity index (χ0v) is 13.8. The average molecular weight is 350 g/mol. The summed E-state index contributed by atoms with van der Waals surface area (Å²) in [6.07, 6.45) is 3.06. The summed E-state index contributed by atoms with van der Waals surface area (Å²) in [5, 5.41) is 0. The fraction of sp³-hybridized carbons (Fsp3) is 0.316. The minimum Gasteiger partial charge on any atom is -0.412 e. The Kier molecular flexibility index (Phi) is 6.33. The number of nitrogens with zero attached hydrogens (tertiary/aromatic N) is 2. The summed E-state index contributed by atoms with van der Waals surface area (Å²) >= 11 is 0. The molecular weight excluding hydrogens is 329 g/mol. The minimum atomic E-state index is -4.29. The molecule has 0 spiro atoms. The van der Waals surface area contributed by atoms with Gasteiger partial charge in [0, 0.05) is 32.0 Å². The van der Waals surface area contributed by atoms with Gasteiger partial charge in [-0.1, -0.05) is 18.2 Å². The highest BCUT2D eigenvalue weighted by molar-refractivity contribution is 5.67. The summed E-state index contributed by atoms with van der Waals surface area (Å²) in [7, 11) is 0. The van der Waals surface area contributed by atoms with Crippen LogP contribution in [-0.4, -0.2) is 35.0 Å². The molecule has 0 bridgehead atoms. The molecule has 1 aliphatic heterocycles. The maximum absolute atomic E-state index is 12.8. The fourth-order valence-electron chi connectivity index (χ4n) is 2.91. The van der Waals surface area contributed by atoms with Gasteiger partial charge in [0.05, 0.1) is 5.56 Å². The molecule has 2 heterocycles. The average Bonchev–Trinajstić information content (AvgIpc) is 2.61. The van der Waals surface area contributed by atoms with E-state index in [4.69, 9.17) is 0 Å². The van der Waals surface area contributed by atoms with E-state index in [0.717, 1.165) is 44.1 Å². The second-order valence-corrected chi connectivity index (χ2v) is 5.96. The van der Waals surface area contributed by atoms with Crippen LogP contribution in [0.4, 0.5) is 13.2 Å². The lowest BCUT2D eigenvalue weighted by molar-refractivity contribution is -0.137. The van der Waals surface area contributed by atoms with Crippen molar-refractivity contribution in [2.75, 3.05) is 19.6 Å². The second-order valence-electron chi connectivity index (χ2n) is 5.96. The molecule has 3 rings (SSSR count). The number of rotatable bonds is 4. The zero-order chi connectivity index (χ0) is 17.0. The highest BCUT2D eigenvalue weighted by Gasteiger charge is 2.30. The first-order chi connectivity index (χ1) is 11.5. The van der Waals surface area contributed by atoms with Crippen molar-refractivity contribution in [2.45, 2.75) is 19.0 Å². The lowest BCUT2D eigenvalue weighted by Crippen LogP contribution is -2.30. The van der Waals surface area contributed by atoms with Crippen LogP contribution in [0.1, 0.15) is 23.1 Å². The van der Waals surface area contributed by atoms with Gasteiger partial charge in [0.25, 0.3) is 0 Å². The normalized spacial score (nSPS) is 15.4. The summed E-state index contributed by atoms with van der Waals surface area (Å²) < 4.78 is 38.5. The standard InChI is InChI=1S/C19H19F3N2.H2O/c20-19(21,22)18-3-1-2-17(14-18)16-7-12-24(13-8-16)11-6-15-4-9-23-10-5-15;/h1-5,7,9-10,14H,6,8,11-13H2;1H2. The van der Waals surface area contributed by atoms with E-state index < -0.39 is 11.7 Å². The first-order valence-electron chi connectivity index (χ1n) is 8.00. The molecule has 0 fully saturated rings. The van der Waals surface area contributed by atoms with Crippen molar-refractivity contribution >= 4 is 5.57 Å². The lowest BCUT2D eigenvalue weighted by atomic mass is 9.97. The zero-order valence-electron chi connectivity index (χ0n) is 13.8. The van der Waals surface area contributed by atoms with Crippen molar-refractivity contribution in [3.8, 4) is 0 Å². The summed E-state index contributed by atoms with van der Waals surface area (Å²) in [5.41, 5.74) is 2.35. The van der Waals surface area contributed by atoms with Crippen LogP contribution in [0.15, 0.2) is 54.9 Å². The molecule has 0 radical (unpaired) electrons. The largest absolute Gasteiger partial charge is 0.416 e. The SMILES string of the molecule is FC(F)(F)c1cccc(C2=CCN(CCc3ccncc3)CC2)c1.O. The highest BCUT2D eigenvalue weighted by atomic mass is 19.4. The molecule has 0 saturated heterocycles. The number of pyridine rings is 1. The van der Waals surface area contributed by atoms with Gasteiger partial charge in [0.15, 0.2) is 0 Å². The third kappa shape index (κ3) is 5.14. The molecule has 6 heteroatoms. The van der Waals surface area contributed by atoms with Gasteiger partial charge in [0.2, 0.25) is 0 Å². The Morgan fingerprint density at radius 1 is 1.08 bits per heavy atom. The molecule has 0 unspecified atom stereocenters. The summed E-state index contributed by atoms with van der Waals surface area (Å²) in [5.74, 6) is 0. The topological polar surface area (TPSA) is 47.6 Å². The molecule has 2 N–H and O–H groups in total. The third-order valence-electron chi connectivity index (χ3n) is 4.32. The first-order valence-corrected chi connectivity index (χ1v) is 8.00. The number of alkyl halides is 3. The van der Waals surface area contributed by atoms with Crippen LogP contribution >= 0.6 is 0 Å². The molecule has 1 aliphatic rings. The molecule has 1 aromatic carbocycles. The fourth-order valence-corrected chi connectivity index (χ4v) is 2.91. The van der Waals surface area contributed by atoms with Crippen molar-refractivity contribution in [1.29, 1.82) is 0 Å². The molecular formula is C19H21F3N2O. The van der Waals surface area contributed by atoms with Gasteiger partial charge in [-0.05, 0) is 53.8 Å². The highest BCUT2D eigenvalue weighted by Crippen LogP contribution is 2.32. The lowest BCUT2D eigenvalue weighted by Gasteiger charge is -2.26. The van der Waals surface area contributed by atoms with Gasteiger partial charge in [-0.25, -0.2) is 0 Å². The van der Waals surface area contributed by atoms with Gasteiger partial charge in [-0.3, -0.25) is 9.88 Å². The number of benzene rings is 1. The number of halogens is 3. The van der Waals surface area contributed by atoms with Crippen LogP contribution in [0, 0.1) is 0 Å². The van der Waals surface area contributed by atoms with Crippen molar-refractivity contribution < 1.29 is 18.6 Å². The molecule has 25 heavy (non-hydrogen) atoms. The molecule has 2 aromatic rings. The molecule has 0 saturated carbocycles. The van der Waals surface area contributed by atoms with E-state index in [-0.39, 0.29) is 5.48 Å². The predicted octanol–water partition coefficient (Wildman–Crippen LogP) is 3.61. The number of hydrogen-bond donors (Lipinski definition) is 0. The van der Waals surface area contributed by atoms with Crippen LogP contribution in [-0.2, 0) is 12.6 Å². The Hall–Kier alpha value is -2.18. The van der Waals surface area contributed by atoms with Crippen LogP contribution < -0.4 is 0 Å². The van der Waals surface area contributed by atoms with Gasteiger partial charge in [-0.15, -0.1) is 0 Å². The predicted molar refractivity (Wildman–Crippen MR) is 92.0 cm³/mol. The van der Waals surface area contributed by atoms with Gasteiger partial charge < -0.3 is 5.48 Å². The Morgan fingerprint density at radius 2 is 1.84 bits per heavy atom. The smallest absolute Gasteiger partial charge is 0.412 e. The first kappa shape index (κ1) is 19.1. The van der Waals surface area contributed by atoms with Gasteiger partial charge in [-0.2, -0.15) is 13.2 Å². The van der Waals surface area contributed by atoms with E-state index in [1.807, 2.05) is 18.2 Å². The van der Waals surface area contributed by atoms with Gasteiger partial charge in [0.1, 0.15) is 0 Å². The van der Waals surface area contributed by atoms with Crippen LogP contribution in [0.25, 0.3) is 5.57 Å². The van der Waals surface area contributed by atoms with E-state index in [9.17, 15) is 13.2 Å². The number of aromatic nitrogens is 1. The van der Waals surface area contributed by atoms with E-state index in [2.05, 4.69) is 9.88 Å². The molecule has 134 valence electrons. The molecule has 0 atom stereocenters. The molecule has 0 aliphatic carbocycles. The Bertz CT molecular complexity index is 714. The van der Waals surface area contributed by atoms with Crippen molar-refractivity contribution in [1.82, 2.24) is 9.88 Å². The quantitative estimate of drug-likeness (QED) is 0.846. The summed E-state index contributed by atoms with van der Waals surface area (Å²) in [6.45, 7) is 2.58. The maximum atomic E-state index is 12.8. The second kappa shape index (κ2) is 8.27. The van der Waals surface area contributed by atoms with Crippen molar-refractivity contribution in [2.24, 2.45) is 0 Å². The molecule has 1 aromatic heterocycles. The van der Waals surface area contributed by atoms with E-state index in [0.29, 0.717) is 5.56 Å². The molecule has 3 nitrogen and oxygen atoms in total. The van der Waals surface area contributed by atoms with Gasteiger partial charge >= 0.3 is 6.18 Å². The Morgan fingerprint density at radius 3 is 2.48 bits per heavy atom. The Balaban J connectivity index is 0.00000225. The van der Waals surface area contributed by atoms with Crippen LogP contribution in [0.5, 0.6) is 0 Å². The van der Waals surface area contributed by atoms with Crippen LogP contribution in [0.2, 0.25) is 0 Å². The van der Waals surface area contributed by atoms with Crippen LogP contribution in [0.3, 0.4) is 0 Å². The van der Waals surface area contributed by atoms with E-state index in [1.165, 1.54) is 17.7 Å². The third-order valence-corrected chi connectivity index (χ3v) is 4.32. The van der Waals surface area contributed by atoms with E-state index >= 15 is 0 Å². The maximum Gasteiger partial charge on any atom is 0.416 e. The number of hydrogen-bond acceptors (Lipinski definition) is 2.